The van der Waals surface area contributed by atoms with Crippen molar-refractivity contribution in [2.45, 2.75) is 52.6 Å². The highest BCUT2D eigenvalue weighted by Crippen LogP contribution is 2.43. The molecular formula is C23H24N6O3S. The summed E-state index contributed by atoms with van der Waals surface area (Å²) in [6, 6.07) is 4.13. The van der Waals surface area contributed by atoms with Crippen LogP contribution >= 0.6 is 11.3 Å². The molecule has 0 aromatic carbocycles. The second-order valence-electron chi connectivity index (χ2n) is 9.08. The molecule has 170 valence electrons. The summed E-state index contributed by atoms with van der Waals surface area (Å²) in [5.74, 6) is -0.517. The zero-order valence-corrected chi connectivity index (χ0v) is 19.5. The third-order valence-electron chi connectivity index (χ3n) is 6.56. The lowest BCUT2D eigenvalue weighted by Gasteiger charge is -2.24. The van der Waals surface area contributed by atoms with Crippen molar-refractivity contribution in [1.82, 2.24) is 14.9 Å². The van der Waals surface area contributed by atoms with E-state index in [1.54, 1.807) is 0 Å². The van der Waals surface area contributed by atoms with Crippen LogP contribution in [0.25, 0.3) is 10.6 Å². The average molecular weight is 465 g/mol. The molecule has 2 N–H and O–H groups in total. The number of hydrogen-bond donors (Lipinski definition) is 2. The molecule has 10 heteroatoms. The molecule has 2 aromatic rings. The van der Waals surface area contributed by atoms with E-state index in [4.69, 9.17) is 5.26 Å². The Balaban J connectivity index is 1.53. The van der Waals surface area contributed by atoms with Crippen LogP contribution in [0.4, 0.5) is 10.9 Å². The fourth-order valence-corrected chi connectivity index (χ4v) is 5.38. The maximum atomic E-state index is 13.3. The van der Waals surface area contributed by atoms with Crippen LogP contribution in [0, 0.1) is 36.0 Å². The summed E-state index contributed by atoms with van der Waals surface area (Å²) in [4.78, 5) is 49.2. The predicted octanol–water partition coefficient (Wildman–Crippen LogP) is 3.32. The highest BCUT2D eigenvalue weighted by Gasteiger charge is 2.45. The molecule has 0 saturated heterocycles. The van der Waals surface area contributed by atoms with Gasteiger partial charge in [0.25, 0.3) is 5.91 Å². The van der Waals surface area contributed by atoms with Gasteiger partial charge in [-0.3, -0.25) is 14.4 Å². The van der Waals surface area contributed by atoms with Gasteiger partial charge in [0.15, 0.2) is 5.13 Å². The summed E-state index contributed by atoms with van der Waals surface area (Å²) < 4.78 is 0. The number of pyridine rings is 1. The molecule has 0 spiro atoms. The van der Waals surface area contributed by atoms with Gasteiger partial charge >= 0.3 is 0 Å². The molecule has 3 amide bonds. The number of carbonyl (C=O) groups excluding carboxylic acids is 3. The molecule has 2 fully saturated rings. The van der Waals surface area contributed by atoms with Crippen molar-refractivity contribution in [2.24, 2.45) is 17.8 Å². The number of nitrogens with one attached hydrogen (secondary N) is 2. The third-order valence-corrected chi connectivity index (χ3v) is 7.65. The Morgan fingerprint density at radius 2 is 2.06 bits per heavy atom. The zero-order valence-electron chi connectivity index (χ0n) is 18.6. The van der Waals surface area contributed by atoms with Crippen LogP contribution in [0.3, 0.4) is 0 Å². The maximum Gasteiger partial charge on any atom is 0.258 e. The number of amides is 3. The molecule has 3 heterocycles. The fraction of sp³-hybridized carbons (Fsp3) is 0.478. The number of fused-ring (bicyclic) bond motifs is 1. The van der Waals surface area contributed by atoms with E-state index in [1.807, 2.05) is 17.9 Å². The highest BCUT2D eigenvalue weighted by atomic mass is 32.1. The Hall–Kier alpha value is -3.32. The second kappa shape index (κ2) is 7.92. The molecule has 3 atom stereocenters. The van der Waals surface area contributed by atoms with Gasteiger partial charge in [-0.2, -0.15) is 5.26 Å². The van der Waals surface area contributed by atoms with Gasteiger partial charge in [0.1, 0.15) is 5.82 Å². The topological polar surface area (TPSA) is 128 Å². The summed E-state index contributed by atoms with van der Waals surface area (Å²) in [5.41, 5.74) is 2.54. The zero-order chi connectivity index (χ0) is 23.4. The summed E-state index contributed by atoms with van der Waals surface area (Å²) in [7, 11) is 0. The first-order chi connectivity index (χ1) is 15.8. The molecule has 33 heavy (non-hydrogen) atoms. The van der Waals surface area contributed by atoms with Crippen molar-refractivity contribution < 1.29 is 14.4 Å². The summed E-state index contributed by atoms with van der Waals surface area (Å²) in [6.45, 7) is 5.79. The minimum Gasteiger partial charge on any atom is -0.331 e. The van der Waals surface area contributed by atoms with E-state index >= 15 is 0 Å². The van der Waals surface area contributed by atoms with Crippen molar-refractivity contribution in [3.05, 3.63) is 22.9 Å². The van der Waals surface area contributed by atoms with Gasteiger partial charge in [-0.05, 0) is 50.7 Å². The van der Waals surface area contributed by atoms with Crippen LogP contribution in [0.2, 0.25) is 0 Å². The van der Waals surface area contributed by atoms with Gasteiger partial charge in [0, 0.05) is 19.5 Å². The summed E-state index contributed by atoms with van der Waals surface area (Å²) in [6.07, 6.45) is 2.77. The Morgan fingerprint density at radius 3 is 2.70 bits per heavy atom. The summed E-state index contributed by atoms with van der Waals surface area (Å²) >= 11 is 1.30. The Morgan fingerprint density at radius 1 is 1.30 bits per heavy atom. The Labute approximate surface area is 195 Å². The van der Waals surface area contributed by atoms with Crippen molar-refractivity contribution in [2.75, 3.05) is 10.6 Å². The number of nitrogens with zero attached hydrogens (tertiary/aromatic N) is 4. The van der Waals surface area contributed by atoms with Crippen LogP contribution < -0.4 is 10.6 Å². The number of anilines is 2. The van der Waals surface area contributed by atoms with Gasteiger partial charge < -0.3 is 15.5 Å². The number of aryl methyl sites for hydroxylation is 1. The van der Waals surface area contributed by atoms with E-state index in [-0.39, 0.29) is 41.4 Å². The van der Waals surface area contributed by atoms with E-state index in [2.05, 4.69) is 33.6 Å². The lowest BCUT2D eigenvalue weighted by Crippen LogP contribution is -2.35. The molecular weight excluding hydrogens is 440 g/mol. The molecule has 2 aromatic heterocycles. The van der Waals surface area contributed by atoms with Gasteiger partial charge in [-0.1, -0.05) is 11.3 Å². The number of thiazole rings is 1. The molecule has 5 rings (SSSR count). The summed E-state index contributed by atoms with van der Waals surface area (Å²) in [5, 5.41) is 15.1. The highest BCUT2D eigenvalue weighted by molar-refractivity contribution is 7.19. The van der Waals surface area contributed by atoms with E-state index in [1.165, 1.54) is 18.3 Å². The Kier molecular flexibility index (Phi) is 5.16. The largest absolute Gasteiger partial charge is 0.331 e. The minimum absolute atomic E-state index is 0.119. The molecule has 0 radical (unpaired) electrons. The van der Waals surface area contributed by atoms with Crippen LogP contribution in [0.15, 0.2) is 6.07 Å². The van der Waals surface area contributed by atoms with Crippen LogP contribution in [-0.4, -0.2) is 38.6 Å². The molecule has 1 aliphatic heterocycles. The standard InChI is InChI=1S/C23H24N6O3S/c1-10-19(33-23(25-10)26-12(3)30)17-7-15-9-29(11(2)13-4-5-13)22(32)18(15)20(27-17)28-21(31)16-6-14(16)8-24/h7,11,13-14,16H,4-6,9H2,1-3H3,(H,25,26,30)(H,27,28,31)/t11-,14?,16?/m0/s1. The van der Waals surface area contributed by atoms with Gasteiger partial charge in [0.05, 0.1) is 39.7 Å². The van der Waals surface area contributed by atoms with Gasteiger partial charge in [-0.15, -0.1) is 0 Å². The average Bonchev–Trinajstić information content (AvgIpc) is 3.67. The first kappa shape index (κ1) is 21.5. The van der Waals surface area contributed by atoms with E-state index < -0.39 is 0 Å². The molecule has 2 saturated carbocycles. The van der Waals surface area contributed by atoms with Gasteiger partial charge in [0.2, 0.25) is 11.8 Å². The van der Waals surface area contributed by atoms with Crippen molar-refractivity contribution in [3.63, 3.8) is 0 Å². The first-order valence-corrected chi connectivity index (χ1v) is 11.9. The first-order valence-electron chi connectivity index (χ1n) is 11.1. The van der Waals surface area contributed by atoms with Crippen molar-refractivity contribution in [3.8, 4) is 16.6 Å². The van der Waals surface area contributed by atoms with Crippen molar-refractivity contribution >= 4 is 40.0 Å². The number of rotatable bonds is 6. The van der Waals surface area contributed by atoms with Crippen LogP contribution in [0.1, 0.15) is 54.7 Å². The van der Waals surface area contributed by atoms with Crippen LogP contribution in [0.5, 0.6) is 0 Å². The van der Waals surface area contributed by atoms with Crippen molar-refractivity contribution in [1.29, 1.82) is 5.26 Å². The fourth-order valence-electron chi connectivity index (χ4n) is 4.40. The Bertz CT molecular complexity index is 1230. The molecule has 2 aliphatic carbocycles. The monoisotopic (exact) mass is 464 g/mol. The molecule has 0 bridgehead atoms. The lowest BCUT2D eigenvalue weighted by molar-refractivity contribution is -0.117. The smallest absolute Gasteiger partial charge is 0.258 e. The number of nitriles is 1. The molecule has 3 aliphatic rings. The predicted molar refractivity (Wildman–Crippen MR) is 122 cm³/mol. The van der Waals surface area contributed by atoms with E-state index in [0.29, 0.717) is 41.0 Å². The number of hydrogen-bond acceptors (Lipinski definition) is 7. The quantitative estimate of drug-likeness (QED) is 0.675. The molecule has 2 unspecified atom stereocenters. The van der Waals surface area contributed by atoms with E-state index in [0.717, 1.165) is 23.3 Å². The third kappa shape index (κ3) is 3.97. The van der Waals surface area contributed by atoms with Gasteiger partial charge in [-0.25, -0.2) is 9.97 Å². The minimum atomic E-state index is -0.370. The van der Waals surface area contributed by atoms with Crippen LogP contribution in [-0.2, 0) is 16.1 Å². The normalized spacial score (nSPS) is 21.9. The number of carbonyl (C=O) groups is 3. The SMILES string of the molecule is CC(=O)Nc1nc(C)c(-c2cc3c(c(NC(=O)C4CC4C#N)n2)C(=O)N([C@@H](C)C2CC2)C3)s1. The molecule has 9 nitrogen and oxygen atoms in total. The maximum absolute atomic E-state index is 13.3. The second-order valence-corrected chi connectivity index (χ2v) is 10.1. The number of aromatic nitrogens is 2. The van der Waals surface area contributed by atoms with E-state index in [9.17, 15) is 14.4 Å². The lowest BCUT2D eigenvalue weighted by atomic mass is 10.1.